The van der Waals surface area contributed by atoms with E-state index < -0.39 is 0 Å². The molecule has 88 valence electrons. The first kappa shape index (κ1) is 11.3. The van der Waals surface area contributed by atoms with Crippen molar-refractivity contribution in [1.29, 1.82) is 0 Å². The van der Waals surface area contributed by atoms with Crippen LogP contribution in [0.2, 0.25) is 0 Å². The van der Waals surface area contributed by atoms with Gasteiger partial charge in [0.15, 0.2) is 11.5 Å². The number of hydrogen-bond acceptors (Lipinski definition) is 2. The lowest BCUT2D eigenvalue weighted by molar-refractivity contribution is 0.370. The molecule has 16 heavy (non-hydrogen) atoms. The fourth-order valence-corrected chi connectivity index (χ4v) is 2.73. The third-order valence-electron chi connectivity index (χ3n) is 3.52. The predicted molar refractivity (Wildman–Crippen MR) is 65.2 cm³/mol. The highest BCUT2D eigenvalue weighted by atomic mass is 16.5. The Bertz CT molecular complexity index is 371. The summed E-state index contributed by atoms with van der Waals surface area (Å²) < 4.78 is 5.19. The summed E-state index contributed by atoms with van der Waals surface area (Å²) in [6, 6.07) is 3.92. The standard InChI is InChI=1S/C14H20O2/c1-3-5-10-6-4-7-11-8-13(15)14(16-2)9-12(10)11/h8-10,15H,3-7H2,1-2H3. The molecule has 1 atom stereocenters. The number of ether oxygens (including phenoxy) is 1. The smallest absolute Gasteiger partial charge is 0.160 e. The Morgan fingerprint density at radius 3 is 2.94 bits per heavy atom. The van der Waals surface area contributed by atoms with Crippen LogP contribution in [0.3, 0.4) is 0 Å². The molecule has 2 heteroatoms. The Labute approximate surface area is 97.3 Å². The van der Waals surface area contributed by atoms with Gasteiger partial charge in [-0.25, -0.2) is 0 Å². The molecule has 0 saturated heterocycles. The largest absolute Gasteiger partial charge is 0.504 e. The highest BCUT2D eigenvalue weighted by Crippen LogP contribution is 2.40. The molecule has 0 radical (unpaired) electrons. The lowest BCUT2D eigenvalue weighted by Gasteiger charge is -2.26. The van der Waals surface area contributed by atoms with Gasteiger partial charge in [0.25, 0.3) is 0 Å². The number of methoxy groups -OCH3 is 1. The molecule has 2 nitrogen and oxygen atoms in total. The molecular weight excluding hydrogens is 200 g/mol. The number of aryl methyl sites for hydroxylation is 1. The first-order valence-corrected chi connectivity index (χ1v) is 6.16. The van der Waals surface area contributed by atoms with E-state index in [4.69, 9.17) is 4.74 Å². The van der Waals surface area contributed by atoms with Crippen LogP contribution in [0.4, 0.5) is 0 Å². The van der Waals surface area contributed by atoms with Gasteiger partial charge in [0.2, 0.25) is 0 Å². The molecule has 0 amide bonds. The van der Waals surface area contributed by atoms with Crippen molar-refractivity contribution in [3.63, 3.8) is 0 Å². The quantitative estimate of drug-likeness (QED) is 0.843. The number of aromatic hydroxyl groups is 1. The summed E-state index contributed by atoms with van der Waals surface area (Å²) in [7, 11) is 1.61. The van der Waals surface area contributed by atoms with Crippen LogP contribution in [-0.2, 0) is 6.42 Å². The van der Waals surface area contributed by atoms with Gasteiger partial charge in [-0.15, -0.1) is 0 Å². The molecule has 0 bridgehead atoms. The maximum atomic E-state index is 9.76. The molecule has 1 aromatic carbocycles. The maximum Gasteiger partial charge on any atom is 0.160 e. The Hall–Kier alpha value is -1.18. The van der Waals surface area contributed by atoms with E-state index in [9.17, 15) is 5.11 Å². The molecule has 0 fully saturated rings. The van der Waals surface area contributed by atoms with Crippen LogP contribution < -0.4 is 4.74 Å². The zero-order chi connectivity index (χ0) is 11.5. The minimum Gasteiger partial charge on any atom is -0.504 e. The van der Waals surface area contributed by atoms with Crippen molar-refractivity contribution in [3.8, 4) is 11.5 Å². The van der Waals surface area contributed by atoms with E-state index in [1.54, 1.807) is 7.11 Å². The van der Waals surface area contributed by atoms with Crippen LogP contribution >= 0.6 is 0 Å². The number of rotatable bonds is 3. The molecule has 1 N–H and O–H groups in total. The molecular formula is C14H20O2. The lowest BCUT2D eigenvalue weighted by Crippen LogP contribution is -2.10. The summed E-state index contributed by atoms with van der Waals surface area (Å²) in [6.45, 7) is 2.23. The van der Waals surface area contributed by atoms with Crippen molar-refractivity contribution in [2.45, 2.75) is 44.9 Å². The number of phenolic OH excluding ortho intramolecular Hbond substituents is 1. The molecule has 0 heterocycles. The normalized spacial score (nSPS) is 19.2. The zero-order valence-corrected chi connectivity index (χ0v) is 10.1. The maximum absolute atomic E-state index is 9.76. The summed E-state index contributed by atoms with van der Waals surface area (Å²) in [5.41, 5.74) is 2.70. The van der Waals surface area contributed by atoms with Gasteiger partial charge in [-0.3, -0.25) is 0 Å². The highest BCUT2D eigenvalue weighted by Gasteiger charge is 2.21. The van der Waals surface area contributed by atoms with E-state index in [1.807, 2.05) is 12.1 Å². The summed E-state index contributed by atoms with van der Waals surface area (Å²) >= 11 is 0. The first-order chi connectivity index (χ1) is 7.76. The summed E-state index contributed by atoms with van der Waals surface area (Å²) in [5.74, 6) is 1.54. The summed E-state index contributed by atoms with van der Waals surface area (Å²) in [5, 5.41) is 9.76. The van der Waals surface area contributed by atoms with E-state index in [-0.39, 0.29) is 5.75 Å². The summed E-state index contributed by atoms with van der Waals surface area (Å²) in [4.78, 5) is 0. The Morgan fingerprint density at radius 1 is 1.44 bits per heavy atom. The fraction of sp³-hybridized carbons (Fsp3) is 0.571. The van der Waals surface area contributed by atoms with Crippen LogP contribution in [-0.4, -0.2) is 12.2 Å². The van der Waals surface area contributed by atoms with Crippen LogP contribution in [0, 0.1) is 0 Å². The third-order valence-corrected chi connectivity index (χ3v) is 3.52. The second-order valence-corrected chi connectivity index (χ2v) is 4.60. The van der Waals surface area contributed by atoms with E-state index in [1.165, 1.54) is 36.8 Å². The molecule has 0 spiro atoms. The monoisotopic (exact) mass is 220 g/mol. The number of fused-ring (bicyclic) bond motifs is 1. The SMILES string of the molecule is CCCC1CCCc2cc(O)c(OC)cc21. The lowest BCUT2D eigenvalue weighted by atomic mass is 9.80. The van der Waals surface area contributed by atoms with Gasteiger partial charge >= 0.3 is 0 Å². The number of hydrogen-bond donors (Lipinski definition) is 1. The van der Waals surface area contributed by atoms with Crippen LogP contribution in [0.25, 0.3) is 0 Å². The Kier molecular flexibility index (Phi) is 3.37. The van der Waals surface area contributed by atoms with Crippen molar-refractivity contribution in [2.75, 3.05) is 7.11 Å². The second kappa shape index (κ2) is 4.77. The van der Waals surface area contributed by atoms with Gasteiger partial charge in [0.1, 0.15) is 0 Å². The molecule has 0 aromatic heterocycles. The van der Waals surface area contributed by atoms with Gasteiger partial charge < -0.3 is 9.84 Å². The fourth-order valence-electron chi connectivity index (χ4n) is 2.73. The van der Waals surface area contributed by atoms with Crippen molar-refractivity contribution >= 4 is 0 Å². The van der Waals surface area contributed by atoms with Crippen LogP contribution in [0.15, 0.2) is 12.1 Å². The minimum atomic E-state index is 0.276. The number of benzene rings is 1. The van der Waals surface area contributed by atoms with Crippen LogP contribution in [0.1, 0.15) is 49.7 Å². The van der Waals surface area contributed by atoms with Gasteiger partial charge in [-0.1, -0.05) is 13.3 Å². The molecule has 1 aromatic rings. The molecule has 0 saturated carbocycles. The van der Waals surface area contributed by atoms with E-state index in [0.717, 1.165) is 6.42 Å². The van der Waals surface area contributed by atoms with Gasteiger partial charge in [-0.05, 0) is 54.9 Å². The Morgan fingerprint density at radius 2 is 2.25 bits per heavy atom. The number of phenols is 1. The summed E-state index contributed by atoms with van der Waals surface area (Å²) in [6.07, 6.45) is 6.06. The third kappa shape index (κ3) is 2.01. The average molecular weight is 220 g/mol. The molecule has 1 unspecified atom stereocenters. The molecule has 1 aliphatic carbocycles. The highest BCUT2D eigenvalue weighted by molar-refractivity contribution is 5.48. The van der Waals surface area contributed by atoms with Gasteiger partial charge in [-0.2, -0.15) is 0 Å². The molecule has 2 rings (SSSR count). The van der Waals surface area contributed by atoms with E-state index >= 15 is 0 Å². The van der Waals surface area contributed by atoms with Crippen molar-refractivity contribution in [1.82, 2.24) is 0 Å². The predicted octanol–water partition coefficient (Wildman–Crippen LogP) is 3.62. The molecule has 1 aliphatic rings. The minimum absolute atomic E-state index is 0.276. The van der Waals surface area contributed by atoms with Crippen molar-refractivity contribution in [2.24, 2.45) is 0 Å². The second-order valence-electron chi connectivity index (χ2n) is 4.60. The van der Waals surface area contributed by atoms with Crippen LogP contribution in [0.5, 0.6) is 11.5 Å². The van der Waals surface area contributed by atoms with E-state index in [2.05, 4.69) is 6.92 Å². The Balaban J connectivity index is 2.38. The topological polar surface area (TPSA) is 29.5 Å². The van der Waals surface area contributed by atoms with E-state index in [0.29, 0.717) is 11.7 Å². The average Bonchev–Trinajstić information content (AvgIpc) is 2.29. The van der Waals surface area contributed by atoms with Gasteiger partial charge in [0.05, 0.1) is 7.11 Å². The first-order valence-electron chi connectivity index (χ1n) is 6.16. The van der Waals surface area contributed by atoms with Crippen molar-refractivity contribution < 1.29 is 9.84 Å². The van der Waals surface area contributed by atoms with Crippen molar-refractivity contribution in [3.05, 3.63) is 23.3 Å². The zero-order valence-electron chi connectivity index (χ0n) is 10.1. The molecule has 0 aliphatic heterocycles. The van der Waals surface area contributed by atoms with Gasteiger partial charge in [0, 0.05) is 0 Å².